The minimum absolute atomic E-state index is 0.0719. The molecule has 0 fully saturated rings. The molecule has 0 aromatic heterocycles. The zero-order valence-electron chi connectivity index (χ0n) is 43.8. The summed E-state index contributed by atoms with van der Waals surface area (Å²) in [5.41, 5.74) is 0. The predicted molar refractivity (Wildman–Crippen MR) is 279 cm³/mol. The molecule has 382 valence electrons. The number of unbranched alkanes of at least 4 members (excludes halogenated alkanes) is 38. The lowest BCUT2D eigenvalue weighted by Gasteiger charge is -2.18. The Balaban J connectivity index is 4.19. The van der Waals surface area contributed by atoms with E-state index < -0.39 is 6.10 Å². The normalized spacial score (nSPS) is 12.1. The van der Waals surface area contributed by atoms with E-state index in [9.17, 15) is 14.4 Å². The van der Waals surface area contributed by atoms with Crippen molar-refractivity contribution in [3.63, 3.8) is 0 Å². The maximum atomic E-state index is 12.8. The molecular weight excluding hydrogens is 805 g/mol. The van der Waals surface area contributed by atoms with Crippen LogP contribution in [0.1, 0.15) is 316 Å². The number of ether oxygens (including phenoxy) is 3. The smallest absolute Gasteiger partial charge is 0.306 e. The van der Waals surface area contributed by atoms with Crippen molar-refractivity contribution >= 4 is 17.9 Å². The first kappa shape index (κ1) is 62.9. The second-order valence-corrected chi connectivity index (χ2v) is 19.6. The Labute approximate surface area is 404 Å². The molecule has 0 N–H and O–H groups in total. The van der Waals surface area contributed by atoms with Crippen LogP contribution in [0.4, 0.5) is 0 Å². The minimum Gasteiger partial charge on any atom is -0.462 e. The van der Waals surface area contributed by atoms with Crippen LogP contribution in [0.3, 0.4) is 0 Å². The number of esters is 3. The van der Waals surface area contributed by atoms with E-state index in [-0.39, 0.29) is 31.1 Å². The lowest BCUT2D eigenvalue weighted by atomic mass is 10.0. The third kappa shape index (κ3) is 52.7. The summed E-state index contributed by atoms with van der Waals surface area (Å²) in [7, 11) is 0. The molecule has 0 bridgehead atoms. The van der Waals surface area contributed by atoms with Crippen LogP contribution in [0.25, 0.3) is 0 Å². The number of carbonyl (C=O) groups excluding carboxylic acids is 3. The van der Waals surface area contributed by atoms with Gasteiger partial charge in [0.1, 0.15) is 13.2 Å². The van der Waals surface area contributed by atoms with Crippen LogP contribution >= 0.6 is 0 Å². The van der Waals surface area contributed by atoms with Gasteiger partial charge in [-0.05, 0) is 44.9 Å². The van der Waals surface area contributed by atoms with E-state index in [4.69, 9.17) is 14.2 Å². The van der Waals surface area contributed by atoms with Gasteiger partial charge in [-0.3, -0.25) is 14.4 Å². The standard InChI is InChI=1S/C59H110O6/c1-4-7-10-13-16-19-22-24-26-27-28-29-30-31-32-33-34-36-37-40-43-46-49-52-58(61)64-55-56(54-63-57(60)51-48-45-42-39-21-18-15-12-9-6-3)65-59(62)53-50-47-44-41-38-35-25-23-20-17-14-11-8-5-2/h14,17,23,25,56H,4-13,15-16,18-22,24,26-55H2,1-3H3/b17-14-,25-23-. The van der Waals surface area contributed by atoms with Gasteiger partial charge in [-0.2, -0.15) is 0 Å². The highest BCUT2D eigenvalue weighted by molar-refractivity contribution is 5.71. The Bertz CT molecular complexity index is 1050. The van der Waals surface area contributed by atoms with E-state index in [1.54, 1.807) is 0 Å². The number of rotatable bonds is 53. The summed E-state index contributed by atoms with van der Waals surface area (Å²) >= 11 is 0. The van der Waals surface area contributed by atoms with Crippen LogP contribution in [0.15, 0.2) is 24.3 Å². The van der Waals surface area contributed by atoms with Gasteiger partial charge in [0.15, 0.2) is 6.10 Å². The molecule has 0 aliphatic carbocycles. The van der Waals surface area contributed by atoms with Gasteiger partial charge >= 0.3 is 17.9 Å². The molecule has 0 rings (SSSR count). The largest absolute Gasteiger partial charge is 0.462 e. The molecule has 0 aromatic carbocycles. The summed E-state index contributed by atoms with van der Waals surface area (Å²) in [6.45, 7) is 6.62. The van der Waals surface area contributed by atoms with E-state index in [0.29, 0.717) is 19.3 Å². The summed E-state index contributed by atoms with van der Waals surface area (Å²) in [6, 6.07) is 0. The maximum absolute atomic E-state index is 12.8. The SMILES string of the molecule is CCCC/C=C\C/C=C\CCCCCCCC(=O)OC(COC(=O)CCCCCCCCCCCC)COC(=O)CCCCCCCCCCCCCCCCCCCCCCCCC. The molecule has 0 heterocycles. The van der Waals surface area contributed by atoms with Crippen molar-refractivity contribution in [3.8, 4) is 0 Å². The molecule has 65 heavy (non-hydrogen) atoms. The van der Waals surface area contributed by atoms with Gasteiger partial charge in [0, 0.05) is 19.3 Å². The summed E-state index contributed by atoms with van der Waals surface area (Å²) in [5.74, 6) is -0.869. The fraction of sp³-hybridized carbons (Fsp3) is 0.881. The fourth-order valence-electron chi connectivity index (χ4n) is 8.58. The van der Waals surface area contributed by atoms with Crippen molar-refractivity contribution in [2.45, 2.75) is 322 Å². The molecule has 0 aliphatic rings. The number of hydrogen-bond acceptors (Lipinski definition) is 6. The maximum Gasteiger partial charge on any atom is 0.306 e. The zero-order chi connectivity index (χ0) is 47.2. The van der Waals surface area contributed by atoms with E-state index in [1.807, 2.05) is 0 Å². The first-order chi connectivity index (χ1) is 32.0. The Morgan fingerprint density at radius 3 is 0.892 bits per heavy atom. The molecule has 0 spiro atoms. The van der Waals surface area contributed by atoms with Crippen molar-refractivity contribution in [3.05, 3.63) is 24.3 Å². The zero-order valence-corrected chi connectivity index (χ0v) is 43.8. The second kappa shape index (κ2) is 54.5. The monoisotopic (exact) mass is 915 g/mol. The molecular formula is C59H110O6. The molecule has 0 amide bonds. The molecule has 0 radical (unpaired) electrons. The summed E-state index contributed by atoms with van der Waals surface area (Å²) in [6.07, 6.45) is 63.2. The first-order valence-electron chi connectivity index (χ1n) is 28.8. The minimum atomic E-state index is -0.772. The van der Waals surface area contributed by atoms with E-state index >= 15 is 0 Å². The lowest BCUT2D eigenvalue weighted by molar-refractivity contribution is -0.167. The average Bonchev–Trinajstić information content (AvgIpc) is 3.30. The fourth-order valence-corrected chi connectivity index (χ4v) is 8.58. The van der Waals surface area contributed by atoms with Gasteiger partial charge in [-0.25, -0.2) is 0 Å². The van der Waals surface area contributed by atoms with Crippen molar-refractivity contribution in [2.75, 3.05) is 13.2 Å². The molecule has 0 saturated heterocycles. The Morgan fingerprint density at radius 2 is 0.569 bits per heavy atom. The highest BCUT2D eigenvalue weighted by Gasteiger charge is 2.19. The van der Waals surface area contributed by atoms with Crippen LogP contribution in [0, 0.1) is 0 Å². The third-order valence-electron chi connectivity index (χ3n) is 13.0. The summed E-state index contributed by atoms with van der Waals surface area (Å²) < 4.78 is 16.8. The number of hydrogen-bond donors (Lipinski definition) is 0. The highest BCUT2D eigenvalue weighted by Crippen LogP contribution is 2.17. The van der Waals surface area contributed by atoms with Crippen molar-refractivity contribution in [1.82, 2.24) is 0 Å². The molecule has 0 aromatic rings. The molecule has 6 nitrogen and oxygen atoms in total. The molecule has 1 unspecified atom stereocenters. The van der Waals surface area contributed by atoms with Gasteiger partial charge in [0.05, 0.1) is 0 Å². The van der Waals surface area contributed by atoms with Gasteiger partial charge in [0.25, 0.3) is 0 Å². The van der Waals surface area contributed by atoms with Crippen LogP contribution in [-0.2, 0) is 28.6 Å². The van der Waals surface area contributed by atoms with Crippen molar-refractivity contribution in [1.29, 1.82) is 0 Å². The Kier molecular flexibility index (Phi) is 52.7. The Morgan fingerprint density at radius 1 is 0.308 bits per heavy atom. The van der Waals surface area contributed by atoms with E-state index in [0.717, 1.165) is 83.5 Å². The van der Waals surface area contributed by atoms with Crippen LogP contribution < -0.4 is 0 Å². The second-order valence-electron chi connectivity index (χ2n) is 19.6. The van der Waals surface area contributed by atoms with Gasteiger partial charge < -0.3 is 14.2 Å². The quantitative estimate of drug-likeness (QED) is 0.0262. The van der Waals surface area contributed by atoms with Gasteiger partial charge in [0.2, 0.25) is 0 Å². The van der Waals surface area contributed by atoms with E-state index in [1.165, 1.54) is 193 Å². The number of allylic oxidation sites excluding steroid dienone is 4. The molecule has 0 saturated carbocycles. The highest BCUT2D eigenvalue weighted by atomic mass is 16.6. The van der Waals surface area contributed by atoms with Crippen molar-refractivity contribution < 1.29 is 28.6 Å². The third-order valence-corrected chi connectivity index (χ3v) is 13.0. The predicted octanol–water partition coefficient (Wildman–Crippen LogP) is 19.1. The Hall–Kier alpha value is -2.11. The topological polar surface area (TPSA) is 78.9 Å². The van der Waals surface area contributed by atoms with Crippen LogP contribution in [-0.4, -0.2) is 37.2 Å². The van der Waals surface area contributed by atoms with Gasteiger partial charge in [-0.15, -0.1) is 0 Å². The van der Waals surface area contributed by atoms with Gasteiger partial charge in [-0.1, -0.05) is 276 Å². The first-order valence-corrected chi connectivity index (χ1v) is 28.8. The van der Waals surface area contributed by atoms with Crippen LogP contribution in [0.5, 0.6) is 0 Å². The van der Waals surface area contributed by atoms with Crippen molar-refractivity contribution in [2.24, 2.45) is 0 Å². The molecule has 0 aliphatic heterocycles. The van der Waals surface area contributed by atoms with E-state index in [2.05, 4.69) is 45.1 Å². The summed E-state index contributed by atoms with van der Waals surface area (Å²) in [4.78, 5) is 38.0. The lowest BCUT2D eigenvalue weighted by Crippen LogP contribution is -2.30. The number of carbonyl (C=O) groups is 3. The summed E-state index contributed by atoms with van der Waals surface area (Å²) in [5, 5.41) is 0. The average molecular weight is 916 g/mol. The molecule has 1 atom stereocenters. The molecule has 6 heteroatoms. The van der Waals surface area contributed by atoms with Crippen LogP contribution in [0.2, 0.25) is 0 Å².